The minimum absolute atomic E-state index is 0.0865. The molecule has 36 heavy (non-hydrogen) atoms. The molecule has 0 aromatic heterocycles. The predicted octanol–water partition coefficient (Wildman–Crippen LogP) is 3.47. The summed E-state index contributed by atoms with van der Waals surface area (Å²) >= 11 is 12.7. The van der Waals surface area contributed by atoms with Crippen LogP contribution in [-0.4, -0.2) is 63.7 Å². The first kappa shape index (κ1) is 27.9. The monoisotopic (exact) mass is 557 g/mol. The summed E-state index contributed by atoms with van der Waals surface area (Å²) < 4.78 is 37.5. The number of amides is 2. The highest BCUT2D eigenvalue weighted by atomic mass is 35.5. The van der Waals surface area contributed by atoms with Crippen molar-refractivity contribution in [2.75, 3.05) is 36.9 Å². The summed E-state index contributed by atoms with van der Waals surface area (Å²) in [6, 6.07) is 8.65. The van der Waals surface area contributed by atoms with Gasteiger partial charge in [0.2, 0.25) is 21.8 Å². The highest BCUT2D eigenvalue weighted by molar-refractivity contribution is 7.92. The lowest BCUT2D eigenvalue weighted by atomic mass is 10.1. The maximum atomic E-state index is 13.6. The lowest BCUT2D eigenvalue weighted by Gasteiger charge is -2.32. The topological polar surface area (TPSA) is 105 Å². The van der Waals surface area contributed by atoms with Crippen LogP contribution in [0.4, 0.5) is 5.69 Å². The van der Waals surface area contributed by atoms with Crippen LogP contribution in [0.3, 0.4) is 0 Å². The Morgan fingerprint density at radius 1 is 1.08 bits per heavy atom. The van der Waals surface area contributed by atoms with E-state index in [1.54, 1.807) is 31.2 Å². The first-order valence-corrected chi connectivity index (χ1v) is 14.0. The van der Waals surface area contributed by atoms with Gasteiger partial charge in [0, 0.05) is 34.8 Å². The van der Waals surface area contributed by atoms with E-state index in [-0.39, 0.29) is 18.1 Å². The van der Waals surface area contributed by atoms with Gasteiger partial charge in [-0.3, -0.25) is 13.9 Å². The predicted molar refractivity (Wildman–Crippen MR) is 139 cm³/mol. The number of carbonyl (C=O) groups excluding carboxylic acids is 2. The molecule has 0 radical (unpaired) electrons. The van der Waals surface area contributed by atoms with Crippen molar-refractivity contribution in [2.24, 2.45) is 0 Å². The van der Waals surface area contributed by atoms with E-state index in [4.69, 9.17) is 32.7 Å². The molecule has 1 N–H and O–H groups in total. The van der Waals surface area contributed by atoms with Gasteiger partial charge in [-0.2, -0.15) is 0 Å². The maximum absolute atomic E-state index is 13.6. The van der Waals surface area contributed by atoms with E-state index in [9.17, 15) is 18.0 Å². The molecule has 2 aromatic rings. The van der Waals surface area contributed by atoms with Crippen LogP contribution in [0.2, 0.25) is 10.0 Å². The summed E-state index contributed by atoms with van der Waals surface area (Å²) in [4.78, 5) is 27.7. The molecule has 9 nitrogen and oxygen atoms in total. The van der Waals surface area contributed by atoms with E-state index >= 15 is 0 Å². The lowest BCUT2D eigenvalue weighted by Crippen LogP contribution is -2.51. The molecule has 0 fully saturated rings. The van der Waals surface area contributed by atoms with Gasteiger partial charge in [-0.25, -0.2) is 8.42 Å². The molecule has 0 saturated heterocycles. The van der Waals surface area contributed by atoms with Crippen LogP contribution in [0.5, 0.6) is 11.5 Å². The molecule has 0 saturated carbocycles. The zero-order valence-corrected chi connectivity index (χ0v) is 22.6. The molecule has 2 aromatic carbocycles. The third-order valence-electron chi connectivity index (χ3n) is 5.60. The first-order chi connectivity index (χ1) is 17.0. The van der Waals surface area contributed by atoms with Crippen molar-refractivity contribution in [1.29, 1.82) is 0 Å². The van der Waals surface area contributed by atoms with Crippen LogP contribution in [-0.2, 0) is 26.2 Å². The smallest absolute Gasteiger partial charge is 0.244 e. The number of sulfonamides is 1. The standard InChI is InChI=1S/C24H29Cl2N3O6S/c1-4-10-27-24(31)16(2)28(14-18-19(25)6-5-7-20(18)26)23(30)15-29(36(3,32)33)17-8-9-21-22(13-17)35-12-11-34-21/h5-9,13,16H,4,10-12,14-15H2,1-3H3,(H,27,31). The summed E-state index contributed by atoms with van der Waals surface area (Å²) in [6.07, 6.45) is 1.72. The molecular formula is C24H29Cl2N3O6S. The quantitative estimate of drug-likeness (QED) is 0.479. The Morgan fingerprint density at radius 3 is 2.33 bits per heavy atom. The number of nitrogens with zero attached hydrogens (tertiary/aromatic N) is 2. The van der Waals surface area contributed by atoms with Gasteiger partial charge >= 0.3 is 0 Å². The molecular weight excluding hydrogens is 529 g/mol. The highest BCUT2D eigenvalue weighted by Gasteiger charge is 2.31. The Kier molecular flexibility index (Phi) is 9.32. The number of benzene rings is 2. The Bertz CT molecular complexity index is 1200. The van der Waals surface area contributed by atoms with Gasteiger partial charge < -0.3 is 19.7 Å². The molecule has 0 bridgehead atoms. The van der Waals surface area contributed by atoms with Crippen molar-refractivity contribution in [2.45, 2.75) is 32.9 Å². The number of nitrogens with one attached hydrogen (secondary N) is 1. The average Bonchev–Trinajstić information content (AvgIpc) is 2.84. The summed E-state index contributed by atoms with van der Waals surface area (Å²) in [5.41, 5.74) is 0.684. The zero-order valence-electron chi connectivity index (χ0n) is 20.3. The molecule has 1 unspecified atom stereocenters. The van der Waals surface area contributed by atoms with Gasteiger partial charge in [-0.1, -0.05) is 36.2 Å². The van der Waals surface area contributed by atoms with E-state index in [0.29, 0.717) is 53.3 Å². The van der Waals surface area contributed by atoms with Gasteiger partial charge in [-0.05, 0) is 37.6 Å². The van der Waals surface area contributed by atoms with Crippen LogP contribution in [0, 0.1) is 0 Å². The normalized spacial score (nSPS) is 13.6. The fourth-order valence-corrected chi connectivity index (χ4v) is 4.99. The molecule has 3 rings (SSSR count). The van der Waals surface area contributed by atoms with Gasteiger partial charge in [0.25, 0.3) is 0 Å². The second-order valence-corrected chi connectivity index (χ2v) is 11.0. The van der Waals surface area contributed by atoms with E-state index < -0.39 is 28.5 Å². The van der Waals surface area contributed by atoms with Crippen LogP contribution < -0.4 is 19.1 Å². The molecule has 12 heteroatoms. The van der Waals surface area contributed by atoms with Gasteiger partial charge in [-0.15, -0.1) is 0 Å². The summed E-state index contributed by atoms with van der Waals surface area (Å²) in [5.74, 6) is -0.114. The molecule has 1 aliphatic rings. The van der Waals surface area contributed by atoms with Gasteiger partial charge in [0.15, 0.2) is 11.5 Å². The number of halogens is 2. The first-order valence-electron chi connectivity index (χ1n) is 11.4. The number of ether oxygens (including phenoxy) is 2. The molecule has 0 spiro atoms. The van der Waals surface area contributed by atoms with E-state index in [1.807, 2.05) is 6.92 Å². The summed E-state index contributed by atoms with van der Waals surface area (Å²) in [7, 11) is -3.89. The van der Waals surface area contributed by atoms with Crippen LogP contribution in [0.1, 0.15) is 25.8 Å². The van der Waals surface area contributed by atoms with Crippen molar-refractivity contribution in [3.05, 3.63) is 52.0 Å². The Hall–Kier alpha value is -2.69. The minimum Gasteiger partial charge on any atom is -0.486 e. The Morgan fingerprint density at radius 2 is 1.72 bits per heavy atom. The number of hydrogen-bond acceptors (Lipinski definition) is 6. The SMILES string of the molecule is CCCNC(=O)C(C)N(Cc1c(Cl)cccc1Cl)C(=O)CN(c1ccc2c(c1)OCCO2)S(C)(=O)=O. The molecule has 196 valence electrons. The van der Waals surface area contributed by atoms with E-state index in [0.717, 1.165) is 10.6 Å². The van der Waals surface area contributed by atoms with Crippen molar-refractivity contribution in [3.63, 3.8) is 0 Å². The average molecular weight is 558 g/mol. The molecule has 2 amide bonds. The zero-order chi connectivity index (χ0) is 26.5. The van der Waals surface area contributed by atoms with Gasteiger partial charge in [0.05, 0.1) is 11.9 Å². The number of hydrogen-bond donors (Lipinski definition) is 1. The second-order valence-electron chi connectivity index (χ2n) is 8.29. The third kappa shape index (κ3) is 6.74. The Balaban J connectivity index is 1.95. The number of anilines is 1. The largest absolute Gasteiger partial charge is 0.486 e. The maximum Gasteiger partial charge on any atom is 0.244 e. The number of fused-ring (bicyclic) bond motifs is 1. The third-order valence-corrected chi connectivity index (χ3v) is 7.45. The minimum atomic E-state index is -3.89. The van der Waals surface area contributed by atoms with Crippen LogP contribution in [0.25, 0.3) is 0 Å². The van der Waals surface area contributed by atoms with E-state index in [1.165, 1.54) is 17.0 Å². The second kappa shape index (κ2) is 12.0. The van der Waals surface area contributed by atoms with Gasteiger partial charge in [0.1, 0.15) is 25.8 Å². The van der Waals surface area contributed by atoms with E-state index in [2.05, 4.69) is 5.32 Å². The molecule has 1 atom stereocenters. The molecule has 1 heterocycles. The van der Waals surface area contributed by atoms with Crippen LogP contribution in [0.15, 0.2) is 36.4 Å². The van der Waals surface area contributed by atoms with Crippen molar-refractivity contribution in [1.82, 2.24) is 10.2 Å². The van der Waals surface area contributed by atoms with Crippen molar-refractivity contribution < 1.29 is 27.5 Å². The summed E-state index contributed by atoms with van der Waals surface area (Å²) in [6.45, 7) is 3.99. The number of carbonyl (C=O) groups is 2. The van der Waals surface area contributed by atoms with Crippen LogP contribution >= 0.6 is 23.2 Å². The highest BCUT2D eigenvalue weighted by Crippen LogP contribution is 2.35. The summed E-state index contributed by atoms with van der Waals surface area (Å²) in [5, 5.41) is 3.42. The molecule has 1 aliphatic heterocycles. The Labute approximate surface area is 221 Å². The number of rotatable bonds is 10. The van der Waals surface area contributed by atoms with Crippen molar-refractivity contribution in [3.8, 4) is 11.5 Å². The fraction of sp³-hybridized carbons (Fsp3) is 0.417. The fourth-order valence-electron chi connectivity index (χ4n) is 3.63. The van der Waals surface area contributed by atoms with Crippen molar-refractivity contribution >= 4 is 50.7 Å². The molecule has 0 aliphatic carbocycles. The lowest BCUT2D eigenvalue weighted by molar-refractivity contribution is -0.139.